The Morgan fingerprint density at radius 1 is 1.38 bits per heavy atom. The van der Waals surface area contributed by atoms with Crippen molar-refractivity contribution in [2.75, 3.05) is 13.2 Å². The Kier molecular flexibility index (Phi) is 2.52. The second-order valence-corrected chi connectivity index (χ2v) is 2.76. The van der Waals surface area contributed by atoms with Gasteiger partial charge in [0.1, 0.15) is 6.67 Å². The molecule has 0 radical (unpaired) electrons. The lowest BCUT2D eigenvalue weighted by Gasteiger charge is -2.08. The Morgan fingerprint density at radius 2 is 2.15 bits per heavy atom. The van der Waals surface area contributed by atoms with Gasteiger partial charge >= 0.3 is 0 Å². The van der Waals surface area contributed by atoms with E-state index < -0.39 is 13.0 Å². The van der Waals surface area contributed by atoms with Crippen molar-refractivity contribution in [3.63, 3.8) is 0 Å². The van der Waals surface area contributed by atoms with E-state index in [0.29, 0.717) is 24.6 Å². The lowest BCUT2D eigenvalue weighted by Crippen LogP contribution is -2.02. The van der Waals surface area contributed by atoms with E-state index in [9.17, 15) is 4.39 Å². The minimum atomic E-state index is -0.555. The van der Waals surface area contributed by atoms with Crippen molar-refractivity contribution in [1.82, 2.24) is 4.98 Å². The van der Waals surface area contributed by atoms with Crippen molar-refractivity contribution in [2.45, 2.75) is 13.0 Å². The van der Waals surface area contributed by atoms with E-state index in [1.807, 2.05) is 0 Å². The van der Waals surface area contributed by atoms with E-state index in [2.05, 4.69) is 4.98 Å². The number of pyridine rings is 1. The maximum Gasteiger partial charge on any atom is 0.201 e. The van der Waals surface area contributed by atoms with Gasteiger partial charge in [0.2, 0.25) is 6.29 Å². The Morgan fingerprint density at radius 3 is 2.85 bits per heavy atom. The number of hydrogen-bond donors (Lipinski definition) is 0. The highest BCUT2D eigenvalue weighted by Gasteiger charge is 2.19. The fourth-order valence-electron chi connectivity index (χ4n) is 1.23. The van der Waals surface area contributed by atoms with Gasteiger partial charge in [-0.05, 0) is 12.1 Å². The third-order valence-corrected chi connectivity index (χ3v) is 1.83. The summed E-state index contributed by atoms with van der Waals surface area (Å²) in [5.74, 6) is 0. The zero-order valence-corrected chi connectivity index (χ0v) is 7.07. The van der Waals surface area contributed by atoms with Crippen molar-refractivity contribution in [1.29, 1.82) is 0 Å². The summed E-state index contributed by atoms with van der Waals surface area (Å²) in [7, 11) is 0. The van der Waals surface area contributed by atoms with Gasteiger partial charge in [-0.15, -0.1) is 0 Å². The highest BCUT2D eigenvalue weighted by molar-refractivity contribution is 5.11. The molecule has 3 nitrogen and oxygen atoms in total. The van der Waals surface area contributed by atoms with Gasteiger partial charge in [0.25, 0.3) is 0 Å². The van der Waals surface area contributed by atoms with Crippen LogP contribution in [0.4, 0.5) is 4.39 Å². The number of halogens is 1. The van der Waals surface area contributed by atoms with Gasteiger partial charge < -0.3 is 9.47 Å². The summed E-state index contributed by atoms with van der Waals surface area (Å²) in [6, 6.07) is 5.16. The van der Waals surface area contributed by atoms with Crippen LogP contribution in [0, 0.1) is 0 Å². The van der Waals surface area contributed by atoms with Crippen molar-refractivity contribution >= 4 is 0 Å². The minimum Gasteiger partial charge on any atom is -0.345 e. The van der Waals surface area contributed by atoms with Crippen LogP contribution in [-0.2, 0) is 16.1 Å². The normalized spacial score (nSPS) is 17.9. The second kappa shape index (κ2) is 3.81. The maximum atomic E-state index is 12.2. The molecule has 1 fully saturated rings. The predicted molar refractivity (Wildman–Crippen MR) is 43.7 cm³/mol. The molecule has 4 heteroatoms. The first-order valence-electron chi connectivity index (χ1n) is 4.15. The molecule has 1 aromatic heterocycles. The van der Waals surface area contributed by atoms with E-state index in [0.717, 1.165) is 0 Å². The highest BCUT2D eigenvalue weighted by atomic mass is 19.1. The fraction of sp³-hybridized carbons (Fsp3) is 0.444. The van der Waals surface area contributed by atoms with Crippen LogP contribution in [-0.4, -0.2) is 18.2 Å². The molecule has 0 saturated carbocycles. The molecule has 2 heterocycles. The molecule has 1 saturated heterocycles. The van der Waals surface area contributed by atoms with E-state index in [1.165, 1.54) is 0 Å². The first-order valence-corrected chi connectivity index (χ1v) is 4.15. The number of alkyl halides is 1. The summed E-state index contributed by atoms with van der Waals surface area (Å²) >= 11 is 0. The Bertz CT molecular complexity index is 287. The van der Waals surface area contributed by atoms with Crippen molar-refractivity contribution in [3.8, 4) is 0 Å². The summed E-state index contributed by atoms with van der Waals surface area (Å²) in [5, 5.41) is 0. The summed E-state index contributed by atoms with van der Waals surface area (Å²) in [6.45, 7) is 0.596. The fourth-order valence-corrected chi connectivity index (χ4v) is 1.23. The molecule has 1 aliphatic rings. The maximum absolute atomic E-state index is 12.2. The van der Waals surface area contributed by atoms with Gasteiger partial charge in [0.05, 0.1) is 24.6 Å². The van der Waals surface area contributed by atoms with Gasteiger partial charge in [-0.3, -0.25) is 0 Å². The number of aromatic nitrogens is 1. The number of nitrogens with zero attached hydrogens (tertiary/aromatic N) is 1. The van der Waals surface area contributed by atoms with Gasteiger partial charge in [0.15, 0.2) is 0 Å². The van der Waals surface area contributed by atoms with E-state index in [4.69, 9.17) is 9.47 Å². The monoisotopic (exact) mass is 183 g/mol. The number of hydrogen-bond acceptors (Lipinski definition) is 3. The summed E-state index contributed by atoms with van der Waals surface area (Å²) in [4.78, 5) is 4.05. The van der Waals surface area contributed by atoms with Gasteiger partial charge in [-0.1, -0.05) is 6.07 Å². The SMILES string of the molecule is FCc1cccc(C2OCCO2)n1. The summed E-state index contributed by atoms with van der Waals surface area (Å²) in [5.41, 5.74) is 1.06. The Labute approximate surface area is 75.5 Å². The van der Waals surface area contributed by atoms with Crippen LogP contribution >= 0.6 is 0 Å². The quantitative estimate of drug-likeness (QED) is 0.697. The lowest BCUT2D eigenvalue weighted by atomic mass is 10.3. The molecule has 0 bridgehead atoms. The van der Waals surface area contributed by atoms with Crippen LogP contribution in [0.3, 0.4) is 0 Å². The third-order valence-electron chi connectivity index (χ3n) is 1.83. The van der Waals surface area contributed by atoms with Crippen LogP contribution in [0.1, 0.15) is 17.7 Å². The zero-order valence-electron chi connectivity index (χ0n) is 7.07. The molecule has 1 aromatic rings. The molecule has 13 heavy (non-hydrogen) atoms. The molecule has 0 amide bonds. The highest BCUT2D eigenvalue weighted by Crippen LogP contribution is 2.21. The molecule has 0 atom stereocenters. The van der Waals surface area contributed by atoms with Crippen LogP contribution in [0.25, 0.3) is 0 Å². The van der Waals surface area contributed by atoms with Crippen molar-refractivity contribution < 1.29 is 13.9 Å². The van der Waals surface area contributed by atoms with Crippen molar-refractivity contribution in [2.24, 2.45) is 0 Å². The predicted octanol–water partition coefficient (Wildman–Crippen LogP) is 1.60. The molecule has 0 aliphatic carbocycles. The second-order valence-electron chi connectivity index (χ2n) is 2.76. The van der Waals surface area contributed by atoms with Crippen LogP contribution < -0.4 is 0 Å². The first-order chi connectivity index (χ1) is 6.40. The van der Waals surface area contributed by atoms with Gasteiger partial charge in [-0.2, -0.15) is 0 Å². The number of rotatable bonds is 2. The molecular weight excluding hydrogens is 173 g/mol. The molecule has 0 spiro atoms. The van der Waals surface area contributed by atoms with Gasteiger partial charge in [0, 0.05) is 0 Å². The standard InChI is InChI=1S/C9H10FNO2/c10-6-7-2-1-3-8(11-7)9-12-4-5-13-9/h1-3,9H,4-6H2. The minimum absolute atomic E-state index is 0.411. The molecule has 0 N–H and O–H groups in total. The molecule has 0 aromatic carbocycles. The Balaban J connectivity index is 2.18. The van der Waals surface area contributed by atoms with Gasteiger partial charge in [-0.25, -0.2) is 9.37 Å². The average molecular weight is 183 g/mol. The molecule has 1 aliphatic heterocycles. The topological polar surface area (TPSA) is 31.4 Å². The first kappa shape index (κ1) is 8.59. The molecule has 70 valence electrons. The summed E-state index contributed by atoms with van der Waals surface area (Å²) < 4.78 is 22.7. The molecular formula is C9H10FNO2. The van der Waals surface area contributed by atoms with Crippen LogP contribution in [0.2, 0.25) is 0 Å². The van der Waals surface area contributed by atoms with E-state index in [-0.39, 0.29) is 0 Å². The van der Waals surface area contributed by atoms with E-state index in [1.54, 1.807) is 18.2 Å². The smallest absolute Gasteiger partial charge is 0.201 e. The molecule has 0 unspecified atom stereocenters. The zero-order chi connectivity index (χ0) is 9.10. The lowest BCUT2D eigenvalue weighted by molar-refractivity contribution is -0.0474. The van der Waals surface area contributed by atoms with E-state index >= 15 is 0 Å². The largest absolute Gasteiger partial charge is 0.345 e. The van der Waals surface area contributed by atoms with Crippen molar-refractivity contribution in [3.05, 3.63) is 29.6 Å². The number of ether oxygens (including phenoxy) is 2. The average Bonchev–Trinajstić information content (AvgIpc) is 2.71. The Hall–Kier alpha value is -1.00. The summed E-state index contributed by atoms with van der Waals surface area (Å²) in [6.07, 6.45) is -0.411. The molecule has 2 rings (SSSR count). The third kappa shape index (κ3) is 1.84. The van der Waals surface area contributed by atoms with Crippen LogP contribution in [0.15, 0.2) is 18.2 Å². The van der Waals surface area contributed by atoms with Crippen LogP contribution in [0.5, 0.6) is 0 Å².